The van der Waals surface area contributed by atoms with Crippen LogP contribution in [-0.4, -0.2) is 4.16 Å². The van der Waals surface area contributed by atoms with Crippen LogP contribution in [0.2, 0.25) is 0 Å². The van der Waals surface area contributed by atoms with Gasteiger partial charge in [-0.25, -0.2) is 0 Å². The standard InChI is InChI=1S/C5H7BrS/c1-4-2-3-7-5(4)6/h2-5H,1H3. The van der Waals surface area contributed by atoms with Crippen molar-refractivity contribution < 1.29 is 0 Å². The normalized spacial score (nSPS) is 39.7. The highest BCUT2D eigenvalue weighted by Gasteiger charge is 2.14. The lowest BCUT2D eigenvalue weighted by atomic mass is 10.2. The van der Waals surface area contributed by atoms with Crippen molar-refractivity contribution in [1.82, 2.24) is 0 Å². The summed E-state index contributed by atoms with van der Waals surface area (Å²) in [7, 11) is 0. The lowest BCUT2D eigenvalue weighted by Gasteiger charge is -2.01. The first-order valence-corrected chi connectivity index (χ1v) is 4.13. The van der Waals surface area contributed by atoms with Gasteiger partial charge in [-0.05, 0) is 11.3 Å². The Bertz CT molecular complexity index is 90.1. The van der Waals surface area contributed by atoms with Gasteiger partial charge in [-0.15, -0.1) is 11.8 Å². The van der Waals surface area contributed by atoms with Gasteiger partial charge in [0.25, 0.3) is 0 Å². The third-order valence-electron chi connectivity index (χ3n) is 1.00. The molecule has 0 aromatic carbocycles. The van der Waals surface area contributed by atoms with Gasteiger partial charge >= 0.3 is 0 Å². The molecule has 7 heavy (non-hydrogen) atoms. The first-order valence-electron chi connectivity index (χ1n) is 2.27. The topological polar surface area (TPSA) is 0 Å². The average molecular weight is 179 g/mol. The molecule has 0 spiro atoms. The second-order valence-electron chi connectivity index (χ2n) is 1.67. The molecule has 0 saturated carbocycles. The molecule has 40 valence electrons. The van der Waals surface area contributed by atoms with Crippen LogP contribution in [0, 0.1) is 5.92 Å². The maximum atomic E-state index is 3.50. The van der Waals surface area contributed by atoms with Gasteiger partial charge in [0.15, 0.2) is 0 Å². The van der Waals surface area contributed by atoms with Crippen molar-refractivity contribution in [3.8, 4) is 0 Å². The van der Waals surface area contributed by atoms with Crippen molar-refractivity contribution in [2.24, 2.45) is 5.92 Å². The van der Waals surface area contributed by atoms with E-state index in [-0.39, 0.29) is 0 Å². The molecule has 0 nitrogen and oxygen atoms in total. The zero-order valence-electron chi connectivity index (χ0n) is 4.10. The predicted octanol–water partition coefficient (Wildman–Crippen LogP) is 2.60. The van der Waals surface area contributed by atoms with Gasteiger partial charge in [0.05, 0.1) is 4.16 Å². The number of hydrogen-bond acceptors (Lipinski definition) is 1. The van der Waals surface area contributed by atoms with E-state index in [1.54, 1.807) is 0 Å². The highest BCUT2D eigenvalue weighted by atomic mass is 79.9. The van der Waals surface area contributed by atoms with Gasteiger partial charge in [0.2, 0.25) is 0 Å². The van der Waals surface area contributed by atoms with Crippen LogP contribution >= 0.6 is 27.7 Å². The van der Waals surface area contributed by atoms with E-state index in [1.807, 2.05) is 11.8 Å². The molecule has 1 aliphatic heterocycles. The van der Waals surface area contributed by atoms with E-state index in [1.165, 1.54) is 0 Å². The van der Waals surface area contributed by atoms with Crippen LogP contribution in [0.25, 0.3) is 0 Å². The van der Waals surface area contributed by atoms with Crippen LogP contribution in [0.5, 0.6) is 0 Å². The summed E-state index contributed by atoms with van der Waals surface area (Å²) >= 11 is 5.35. The zero-order valence-corrected chi connectivity index (χ0v) is 6.50. The van der Waals surface area contributed by atoms with Crippen LogP contribution in [0.1, 0.15) is 6.92 Å². The molecule has 0 N–H and O–H groups in total. The molecule has 0 aromatic heterocycles. The number of hydrogen-bond donors (Lipinski definition) is 0. The highest BCUT2D eigenvalue weighted by Crippen LogP contribution is 2.33. The summed E-state index contributed by atoms with van der Waals surface area (Å²) in [5, 5.41) is 2.14. The third-order valence-corrected chi connectivity index (χ3v) is 3.49. The van der Waals surface area contributed by atoms with Crippen molar-refractivity contribution in [3.05, 3.63) is 11.5 Å². The van der Waals surface area contributed by atoms with Crippen molar-refractivity contribution in [2.45, 2.75) is 11.1 Å². The Hall–Kier alpha value is 0.570. The van der Waals surface area contributed by atoms with Gasteiger partial charge < -0.3 is 0 Å². The van der Waals surface area contributed by atoms with E-state index >= 15 is 0 Å². The van der Waals surface area contributed by atoms with Crippen LogP contribution in [0.15, 0.2) is 11.5 Å². The predicted molar refractivity (Wildman–Crippen MR) is 38.6 cm³/mol. The van der Waals surface area contributed by atoms with Gasteiger partial charge in [-0.2, -0.15) is 0 Å². The van der Waals surface area contributed by atoms with E-state index in [2.05, 4.69) is 34.3 Å². The average Bonchev–Trinajstić information content (AvgIpc) is 1.91. The fourth-order valence-electron chi connectivity index (χ4n) is 0.456. The van der Waals surface area contributed by atoms with Gasteiger partial charge in [-0.3, -0.25) is 0 Å². The lowest BCUT2D eigenvalue weighted by Crippen LogP contribution is -1.95. The van der Waals surface area contributed by atoms with Crippen LogP contribution in [-0.2, 0) is 0 Å². The van der Waals surface area contributed by atoms with Crippen LogP contribution in [0.3, 0.4) is 0 Å². The number of thioether (sulfide) groups is 1. The SMILES string of the molecule is CC1C=CSC1Br. The summed E-state index contributed by atoms with van der Waals surface area (Å²) < 4.78 is 0.632. The number of alkyl halides is 1. The fourth-order valence-corrected chi connectivity index (χ4v) is 1.83. The van der Waals surface area contributed by atoms with E-state index < -0.39 is 0 Å². The summed E-state index contributed by atoms with van der Waals surface area (Å²) in [4.78, 5) is 0. The second kappa shape index (κ2) is 2.23. The Morgan fingerprint density at radius 3 is 2.57 bits per heavy atom. The van der Waals surface area contributed by atoms with E-state index in [4.69, 9.17) is 0 Å². The van der Waals surface area contributed by atoms with Crippen molar-refractivity contribution in [1.29, 1.82) is 0 Å². The lowest BCUT2D eigenvalue weighted by molar-refractivity contribution is 0.834. The second-order valence-corrected chi connectivity index (χ2v) is 4.32. The first-order chi connectivity index (χ1) is 3.30. The minimum atomic E-state index is 0.632. The molecule has 0 bridgehead atoms. The molecular formula is C5H7BrS. The van der Waals surface area contributed by atoms with Crippen molar-refractivity contribution >= 4 is 27.7 Å². The summed E-state index contributed by atoms with van der Waals surface area (Å²) in [5.41, 5.74) is 0. The summed E-state index contributed by atoms with van der Waals surface area (Å²) in [6.07, 6.45) is 2.21. The molecule has 0 saturated heterocycles. The molecule has 0 aromatic rings. The number of allylic oxidation sites excluding steroid dienone is 1. The Balaban J connectivity index is 2.45. The maximum absolute atomic E-state index is 3.50. The Morgan fingerprint density at radius 2 is 2.43 bits per heavy atom. The maximum Gasteiger partial charge on any atom is 0.0701 e. The highest BCUT2D eigenvalue weighted by molar-refractivity contribution is 9.11. The Labute approximate surface area is 56.5 Å². The van der Waals surface area contributed by atoms with Crippen LogP contribution in [0.4, 0.5) is 0 Å². The Morgan fingerprint density at radius 1 is 1.71 bits per heavy atom. The molecular weight excluding hydrogens is 172 g/mol. The fraction of sp³-hybridized carbons (Fsp3) is 0.600. The van der Waals surface area contributed by atoms with E-state index in [0.29, 0.717) is 10.1 Å². The molecule has 0 aliphatic carbocycles. The minimum Gasteiger partial charge on any atom is -0.119 e. The molecule has 1 heterocycles. The number of rotatable bonds is 0. The first kappa shape index (κ1) is 5.70. The largest absolute Gasteiger partial charge is 0.119 e. The molecule has 1 aliphatic rings. The van der Waals surface area contributed by atoms with E-state index in [0.717, 1.165) is 0 Å². The minimum absolute atomic E-state index is 0.632. The zero-order chi connectivity index (χ0) is 5.28. The molecule has 2 unspecified atom stereocenters. The van der Waals surface area contributed by atoms with E-state index in [9.17, 15) is 0 Å². The van der Waals surface area contributed by atoms with Gasteiger partial charge in [0, 0.05) is 0 Å². The summed E-state index contributed by atoms with van der Waals surface area (Å²) in [5.74, 6) is 0.713. The molecule has 2 atom stereocenters. The molecule has 2 heteroatoms. The molecule has 0 fully saturated rings. The smallest absolute Gasteiger partial charge is 0.0701 e. The van der Waals surface area contributed by atoms with Gasteiger partial charge in [0.1, 0.15) is 0 Å². The van der Waals surface area contributed by atoms with Crippen molar-refractivity contribution in [2.75, 3.05) is 0 Å². The third kappa shape index (κ3) is 1.23. The Kier molecular flexibility index (Phi) is 1.81. The van der Waals surface area contributed by atoms with Gasteiger partial charge in [-0.1, -0.05) is 28.9 Å². The quantitative estimate of drug-likeness (QED) is 0.515. The summed E-state index contributed by atoms with van der Waals surface area (Å²) in [6.45, 7) is 2.20. The van der Waals surface area contributed by atoms with Crippen molar-refractivity contribution in [3.63, 3.8) is 0 Å². The molecule has 0 amide bonds. The molecule has 0 radical (unpaired) electrons. The van der Waals surface area contributed by atoms with Crippen LogP contribution < -0.4 is 0 Å². The monoisotopic (exact) mass is 178 g/mol. The summed E-state index contributed by atoms with van der Waals surface area (Å²) in [6, 6.07) is 0. The number of halogens is 1. The molecule has 1 rings (SSSR count).